The maximum absolute atomic E-state index is 12.3. The van der Waals surface area contributed by atoms with Crippen molar-refractivity contribution in [3.63, 3.8) is 0 Å². The van der Waals surface area contributed by atoms with Crippen molar-refractivity contribution in [3.05, 3.63) is 0 Å². The van der Waals surface area contributed by atoms with Crippen molar-refractivity contribution >= 4 is 12.0 Å². The molecule has 1 heterocycles. The number of hydrogen-bond acceptors (Lipinski definition) is 4. The van der Waals surface area contributed by atoms with Gasteiger partial charge in [-0.05, 0) is 47.0 Å². The Hall–Kier alpha value is -1.30. The molecule has 1 rings (SSSR count). The first kappa shape index (κ1) is 16.8. The molecule has 2 amide bonds. The first-order chi connectivity index (χ1) is 9.19. The van der Waals surface area contributed by atoms with Crippen LogP contribution >= 0.6 is 0 Å². The molecule has 20 heavy (non-hydrogen) atoms. The van der Waals surface area contributed by atoms with Gasteiger partial charge in [-0.25, -0.2) is 4.79 Å². The summed E-state index contributed by atoms with van der Waals surface area (Å²) in [7, 11) is 0. The molecule has 1 unspecified atom stereocenters. The van der Waals surface area contributed by atoms with Crippen LogP contribution in [0.4, 0.5) is 4.79 Å². The molecule has 116 valence electrons. The van der Waals surface area contributed by atoms with Crippen LogP contribution in [0.1, 0.15) is 47.0 Å². The topological polar surface area (TPSA) is 78.9 Å². The summed E-state index contributed by atoms with van der Waals surface area (Å²) >= 11 is 0. The average Bonchev–Trinajstić information content (AvgIpc) is 2.41. The smallest absolute Gasteiger partial charge is 0.408 e. The predicted octanol–water partition coefficient (Wildman–Crippen LogP) is 1.27. The number of nitrogens with zero attached hydrogens (tertiary/aromatic N) is 1. The van der Waals surface area contributed by atoms with Crippen LogP contribution < -0.4 is 5.32 Å². The fourth-order valence-electron chi connectivity index (χ4n) is 2.19. The van der Waals surface area contributed by atoms with E-state index in [1.54, 1.807) is 32.6 Å². The number of rotatable bonds is 3. The monoisotopic (exact) mass is 286 g/mol. The van der Waals surface area contributed by atoms with Crippen LogP contribution in [-0.4, -0.2) is 52.8 Å². The minimum atomic E-state index is -0.586. The maximum Gasteiger partial charge on any atom is 0.408 e. The van der Waals surface area contributed by atoms with Gasteiger partial charge in [-0.3, -0.25) is 4.79 Å². The number of ether oxygens (including phenoxy) is 1. The lowest BCUT2D eigenvalue weighted by atomic mass is 10.1. The minimum absolute atomic E-state index is 0.144. The summed E-state index contributed by atoms with van der Waals surface area (Å²) in [6.45, 7) is 7.90. The molecule has 0 aromatic carbocycles. The zero-order chi connectivity index (χ0) is 15.3. The van der Waals surface area contributed by atoms with E-state index < -0.39 is 23.8 Å². The van der Waals surface area contributed by atoms with Gasteiger partial charge in [0.25, 0.3) is 0 Å². The van der Waals surface area contributed by atoms with Gasteiger partial charge >= 0.3 is 6.09 Å². The fourth-order valence-corrected chi connectivity index (χ4v) is 2.19. The zero-order valence-corrected chi connectivity index (χ0v) is 12.8. The largest absolute Gasteiger partial charge is 0.444 e. The number of alkyl carbamates (subject to hydrolysis) is 1. The first-order valence-electron chi connectivity index (χ1n) is 7.15. The summed E-state index contributed by atoms with van der Waals surface area (Å²) in [5.41, 5.74) is -0.586. The quantitative estimate of drug-likeness (QED) is 0.819. The van der Waals surface area contributed by atoms with Crippen molar-refractivity contribution < 1.29 is 19.4 Å². The lowest BCUT2D eigenvalue weighted by Crippen LogP contribution is -2.50. The molecule has 0 aliphatic carbocycles. The van der Waals surface area contributed by atoms with Gasteiger partial charge in [0.15, 0.2) is 0 Å². The van der Waals surface area contributed by atoms with Crippen LogP contribution in [0.5, 0.6) is 0 Å². The van der Waals surface area contributed by atoms with Crippen molar-refractivity contribution in [2.24, 2.45) is 0 Å². The molecule has 2 N–H and O–H groups in total. The van der Waals surface area contributed by atoms with E-state index in [-0.39, 0.29) is 5.91 Å². The molecule has 0 aromatic rings. The van der Waals surface area contributed by atoms with Gasteiger partial charge in [0.1, 0.15) is 11.6 Å². The Morgan fingerprint density at radius 2 is 2.15 bits per heavy atom. The van der Waals surface area contributed by atoms with Gasteiger partial charge in [0, 0.05) is 13.1 Å². The van der Waals surface area contributed by atoms with Crippen LogP contribution in [0.15, 0.2) is 0 Å². The lowest BCUT2D eigenvalue weighted by molar-refractivity contribution is -0.134. The fraction of sp³-hybridized carbons (Fsp3) is 0.857. The molecule has 1 aliphatic rings. The number of aliphatic hydroxyl groups is 1. The second-order valence-corrected chi connectivity index (χ2v) is 6.33. The Morgan fingerprint density at radius 3 is 2.70 bits per heavy atom. The third-order valence-electron chi connectivity index (χ3n) is 2.96. The second-order valence-electron chi connectivity index (χ2n) is 6.33. The van der Waals surface area contributed by atoms with E-state index in [1.807, 2.05) is 0 Å². The molecule has 1 saturated heterocycles. The predicted molar refractivity (Wildman–Crippen MR) is 75.3 cm³/mol. The molecule has 2 atom stereocenters. The molecule has 0 aromatic heterocycles. The third-order valence-corrected chi connectivity index (χ3v) is 2.96. The Bertz CT molecular complexity index is 350. The summed E-state index contributed by atoms with van der Waals surface area (Å²) in [5, 5.41) is 12.1. The van der Waals surface area contributed by atoms with Crippen LogP contribution in [-0.2, 0) is 9.53 Å². The zero-order valence-electron chi connectivity index (χ0n) is 12.8. The van der Waals surface area contributed by atoms with Crippen LogP contribution in [0.2, 0.25) is 0 Å². The number of carbonyl (C=O) groups excluding carboxylic acids is 2. The maximum atomic E-state index is 12.3. The molecule has 6 nitrogen and oxygen atoms in total. The number of nitrogens with one attached hydrogen (secondary N) is 1. The normalized spacial score (nSPS) is 22.1. The molecule has 0 spiro atoms. The van der Waals surface area contributed by atoms with Crippen molar-refractivity contribution in [1.29, 1.82) is 0 Å². The van der Waals surface area contributed by atoms with E-state index in [2.05, 4.69) is 5.32 Å². The molecule has 0 radical (unpaired) electrons. The highest BCUT2D eigenvalue weighted by Gasteiger charge is 2.30. The van der Waals surface area contributed by atoms with Crippen molar-refractivity contribution in [1.82, 2.24) is 10.2 Å². The van der Waals surface area contributed by atoms with E-state index in [4.69, 9.17) is 4.74 Å². The van der Waals surface area contributed by atoms with E-state index in [0.29, 0.717) is 19.5 Å². The molecular formula is C14H26N2O4. The van der Waals surface area contributed by atoms with Crippen LogP contribution in [0.25, 0.3) is 0 Å². The first-order valence-corrected chi connectivity index (χ1v) is 7.15. The van der Waals surface area contributed by atoms with Gasteiger partial charge in [-0.2, -0.15) is 0 Å². The number of hydrogen-bond donors (Lipinski definition) is 2. The van der Waals surface area contributed by atoms with E-state index >= 15 is 0 Å². The van der Waals surface area contributed by atoms with E-state index in [9.17, 15) is 14.7 Å². The summed E-state index contributed by atoms with van der Waals surface area (Å²) in [5.74, 6) is -0.144. The lowest BCUT2D eigenvalue weighted by Gasteiger charge is -2.27. The number of aliphatic hydroxyl groups excluding tert-OH is 1. The summed E-state index contributed by atoms with van der Waals surface area (Å²) in [6.07, 6.45) is 1.20. The Kier molecular flexibility index (Phi) is 5.80. The SMILES string of the molecule is CC(O)CN1CCCC[C@H](NC(=O)OC(C)(C)C)C1=O. The summed E-state index contributed by atoms with van der Waals surface area (Å²) in [4.78, 5) is 25.7. The molecule has 0 saturated carbocycles. The van der Waals surface area contributed by atoms with Gasteiger partial charge in [-0.15, -0.1) is 0 Å². The minimum Gasteiger partial charge on any atom is -0.444 e. The van der Waals surface area contributed by atoms with E-state index in [1.165, 1.54) is 0 Å². The van der Waals surface area contributed by atoms with Gasteiger partial charge in [0.2, 0.25) is 5.91 Å². The van der Waals surface area contributed by atoms with Crippen molar-refractivity contribution in [3.8, 4) is 0 Å². The molecule has 0 bridgehead atoms. The van der Waals surface area contributed by atoms with Crippen LogP contribution in [0.3, 0.4) is 0 Å². The highest BCUT2D eigenvalue weighted by Crippen LogP contribution is 2.14. The Balaban J connectivity index is 2.63. The molecule has 1 fully saturated rings. The van der Waals surface area contributed by atoms with E-state index in [0.717, 1.165) is 12.8 Å². The molecule has 6 heteroatoms. The number of β-amino-alcohol motifs (C(OH)–C–C–N with tert-alkyl or cyclic N) is 1. The summed E-state index contributed by atoms with van der Waals surface area (Å²) < 4.78 is 5.18. The number of likely N-dealkylation sites (tertiary alicyclic amines) is 1. The summed E-state index contributed by atoms with van der Waals surface area (Å²) in [6, 6.07) is -0.564. The standard InChI is InChI=1S/C14H26N2O4/c1-10(17)9-16-8-6-5-7-11(12(16)18)15-13(19)20-14(2,3)4/h10-11,17H,5-9H2,1-4H3,(H,15,19)/t10?,11-/m0/s1. The van der Waals surface area contributed by atoms with Crippen molar-refractivity contribution in [2.75, 3.05) is 13.1 Å². The van der Waals surface area contributed by atoms with Crippen LogP contribution in [0, 0.1) is 0 Å². The van der Waals surface area contributed by atoms with Crippen molar-refractivity contribution in [2.45, 2.75) is 64.7 Å². The Morgan fingerprint density at radius 1 is 1.50 bits per heavy atom. The number of carbonyl (C=O) groups is 2. The van der Waals surface area contributed by atoms with Gasteiger partial charge < -0.3 is 20.1 Å². The van der Waals surface area contributed by atoms with Gasteiger partial charge in [-0.1, -0.05) is 0 Å². The average molecular weight is 286 g/mol. The molecule has 1 aliphatic heterocycles. The third kappa shape index (κ3) is 5.77. The molecular weight excluding hydrogens is 260 g/mol. The second kappa shape index (κ2) is 6.92. The van der Waals surface area contributed by atoms with Gasteiger partial charge in [0.05, 0.1) is 6.10 Å². The Labute approximate surface area is 120 Å². The highest BCUT2D eigenvalue weighted by molar-refractivity contribution is 5.86. The number of amides is 2. The highest BCUT2D eigenvalue weighted by atomic mass is 16.6.